The number of nitrogens with zero attached hydrogens (tertiary/aromatic N) is 2. The molecular formula is C50H34N2. The lowest BCUT2D eigenvalue weighted by Crippen LogP contribution is -1.93. The highest BCUT2D eigenvalue weighted by atomic mass is 15.0. The molecule has 0 amide bonds. The van der Waals surface area contributed by atoms with Crippen molar-refractivity contribution in [1.29, 1.82) is 0 Å². The lowest BCUT2D eigenvalue weighted by Gasteiger charge is -2.10. The van der Waals surface area contributed by atoms with Gasteiger partial charge >= 0.3 is 0 Å². The van der Waals surface area contributed by atoms with Crippen LogP contribution in [0.15, 0.2) is 194 Å². The van der Waals surface area contributed by atoms with Gasteiger partial charge in [0.2, 0.25) is 0 Å². The summed E-state index contributed by atoms with van der Waals surface area (Å²) in [5.74, 6) is 0. The van der Waals surface area contributed by atoms with E-state index >= 15 is 0 Å². The molecule has 0 spiro atoms. The first-order valence-corrected chi connectivity index (χ1v) is 17.8. The summed E-state index contributed by atoms with van der Waals surface area (Å²) in [5.41, 5.74) is 14.4. The van der Waals surface area contributed by atoms with Crippen LogP contribution in [0, 0.1) is 0 Å². The van der Waals surface area contributed by atoms with E-state index in [1.807, 2.05) is 0 Å². The van der Waals surface area contributed by atoms with Crippen molar-refractivity contribution in [3.8, 4) is 33.6 Å². The first-order chi connectivity index (χ1) is 25.8. The third-order valence-corrected chi connectivity index (χ3v) is 10.3. The Morgan fingerprint density at radius 2 is 0.596 bits per heavy atom. The van der Waals surface area contributed by atoms with Crippen LogP contribution < -0.4 is 0 Å². The zero-order valence-electron chi connectivity index (χ0n) is 28.5. The lowest BCUT2D eigenvalue weighted by atomic mass is 10.0. The largest absolute Gasteiger partial charge is 0.309 e. The van der Waals surface area contributed by atoms with Crippen molar-refractivity contribution in [3.05, 3.63) is 205 Å². The van der Waals surface area contributed by atoms with Crippen molar-refractivity contribution >= 4 is 55.8 Å². The fraction of sp³-hybridized carbons (Fsp3) is 0. The van der Waals surface area contributed by atoms with Gasteiger partial charge in [-0.05, 0) is 94.0 Å². The van der Waals surface area contributed by atoms with E-state index in [4.69, 9.17) is 0 Å². The Bertz CT molecular complexity index is 2630. The molecule has 0 atom stereocenters. The van der Waals surface area contributed by atoms with E-state index in [1.54, 1.807) is 0 Å². The number of benzene rings is 8. The molecule has 0 unspecified atom stereocenters. The van der Waals surface area contributed by atoms with Crippen LogP contribution in [0.3, 0.4) is 0 Å². The fourth-order valence-corrected chi connectivity index (χ4v) is 7.84. The minimum absolute atomic E-state index is 1.17. The summed E-state index contributed by atoms with van der Waals surface area (Å²) in [6.07, 6.45) is 4.42. The zero-order chi connectivity index (χ0) is 34.4. The number of para-hydroxylation sites is 4. The maximum Gasteiger partial charge on any atom is 0.0541 e. The molecule has 244 valence electrons. The maximum atomic E-state index is 2.36. The van der Waals surface area contributed by atoms with Gasteiger partial charge in [0.05, 0.1) is 22.1 Å². The highest BCUT2D eigenvalue weighted by Crippen LogP contribution is 2.34. The second kappa shape index (κ2) is 12.5. The molecule has 2 heteroatoms. The van der Waals surface area contributed by atoms with E-state index in [2.05, 4.69) is 215 Å². The molecule has 52 heavy (non-hydrogen) atoms. The molecule has 2 heterocycles. The van der Waals surface area contributed by atoms with Gasteiger partial charge in [-0.2, -0.15) is 0 Å². The summed E-state index contributed by atoms with van der Waals surface area (Å²) in [4.78, 5) is 0. The number of fused-ring (bicyclic) bond motifs is 6. The summed E-state index contributed by atoms with van der Waals surface area (Å²) < 4.78 is 4.73. The number of hydrogen-bond acceptors (Lipinski definition) is 0. The predicted molar refractivity (Wildman–Crippen MR) is 221 cm³/mol. The highest BCUT2D eigenvalue weighted by Gasteiger charge is 2.13. The van der Waals surface area contributed by atoms with Crippen LogP contribution in [0.2, 0.25) is 0 Å². The van der Waals surface area contributed by atoms with Crippen LogP contribution in [-0.4, -0.2) is 9.13 Å². The van der Waals surface area contributed by atoms with Crippen LogP contribution in [-0.2, 0) is 0 Å². The molecule has 10 rings (SSSR count). The van der Waals surface area contributed by atoms with E-state index in [0.29, 0.717) is 0 Å². The quantitative estimate of drug-likeness (QED) is 0.157. The average molecular weight is 663 g/mol. The summed E-state index contributed by atoms with van der Waals surface area (Å²) in [7, 11) is 0. The zero-order valence-corrected chi connectivity index (χ0v) is 28.5. The Kier molecular flexibility index (Phi) is 7.18. The third-order valence-electron chi connectivity index (χ3n) is 10.3. The molecule has 0 aliphatic carbocycles. The first-order valence-electron chi connectivity index (χ1n) is 17.8. The van der Waals surface area contributed by atoms with Gasteiger partial charge in [0.1, 0.15) is 0 Å². The summed E-state index contributed by atoms with van der Waals surface area (Å²) in [6.45, 7) is 0. The molecule has 10 aromatic rings. The first kappa shape index (κ1) is 30.0. The highest BCUT2D eigenvalue weighted by molar-refractivity contribution is 6.10. The average Bonchev–Trinajstić information content (AvgIpc) is 3.74. The van der Waals surface area contributed by atoms with Crippen molar-refractivity contribution < 1.29 is 0 Å². The molecule has 0 aliphatic heterocycles. The molecule has 0 radical (unpaired) electrons. The Labute approximate surface area is 302 Å². The van der Waals surface area contributed by atoms with Crippen molar-refractivity contribution in [2.24, 2.45) is 0 Å². The Morgan fingerprint density at radius 1 is 0.269 bits per heavy atom. The molecule has 2 aromatic heterocycles. The molecule has 0 saturated heterocycles. The van der Waals surface area contributed by atoms with Gasteiger partial charge in [0.25, 0.3) is 0 Å². The van der Waals surface area contributed by atoms with E-state index in [-0.39, 0.29) is 0 Å². The van der Waals surface area contributed by atoms with Gasteiger partial charge in [-0.15, -0.1) is 0 Å². The van der Waals surface area contributed by atoms with Crippen LogP contribution >= 0.6 is 0 Å². The molecule has 2 nitrogen and oxygen atoms in total. The normalized spacial score (nSPS) is 11.8. The Morgan fingerprint density at radius 3 is 0.942 bits per heavy atom. The monoisotopic (exact) mass is 662 g/mol. The third kappa shape index (κ3) is 5.12. The van der Waals surface area contributed by atoms with Gasteiger partial charge in [0, 0.05) is 32.9 Å². The molecule has 0 bridgehead atoms. The summed E-state index contributed by atoms with van der Waals surface area (Å²) in [5, 5.41) is 5.11. The topological polar surface area (TPSA) is 9.86 Å². The van der Waals surface area contributed by atoms with Crippen LogP contribution in [0.4, 0.5) is 0 Å². The van der Waals surface area contributed by atoms with Gasteiger partial charge < -0.3 is 9.13 Å². The van der Waals surface area contributed by atoms with Gasteiger partial charge in [0.15, 0.2) is 0 Å². The minimum atomic E-state index is 1.17. The molecule has 8 aromatic carbocycles. The van der Waals surface area contributed by atoms with Crippen LogP contribution in [0.1, 0.15) is 11.1 Å². The van der Waals surface area contributed by atoms with Gasteiger partial charge in [-0.25, -0.2) is 0 Å². The standard InChI is InChI=1S/C50H34N2/c1-5-19-47-43(15-1)44-16-2-6-20-48(44)51(47)41-29-25-37(26-30-41)39-13-9-11-35(33-39)23-24-36-12-10-14-40(34-36)38-27-31-42(32-28-38)52-49-21-7-3-17-45(49)46-18-4-8-22-50(46)52/h1-34H/b24-23+. The molecule has 0 fully saturated rings. The van der Waals surface area contributed by atoms with E-state index in [1.165, 1.54) is 88.4 Å². The second-order valence-electron chi connectivity index (χ2n) is 13.4. The van der Waals surface area contributed by atoms with E-state index in [0.717, 1.165) is 0 Å². The molecular weight excluding hydrogens is 629 g/mol. The Hall–Kier alpha value is -6.90. The van der Waals surface area contributed by atoms with Crippen LogP contribution in [0.25, 0.3) is 89.4 Å². The van der Waals surface area contributed by atoms with Crippen molar-refractivity contribution in [3.63, 3.8) is 0 Å². The minimum Gasteiger partial charge on any atom is -0.309 e. The number of rotatable bonds is 6. The molecule has 0 N–H and O–H groups in total. The van der Waals surface area contributed by atoms with Crippen LogP contribution in [0.5, 0.6) is 0 Å². The van der Waals surface area contributed by atoms with Gasteiger partial charge in [-0.3, -0.25) is 0 Å². The summed E-state index contributed by atoms with van der Waals surface area (Å²) >= 11 is 0. The predicted octanol–water partition coefficient (Wildman–Crippen LogP) is 13.4. The van der Waals surface area contributed by atoms with Crippen molar-refractivity contribution in [2.45, 2.75) is 0 Å². The number of hydrogen-bond donors (Lipinski definition) is 0. The van der Waals surface area contributed by atoms with Crippen molar-refractivity contribution in [2.75, 3.05) is 0 Å². The van der Waals surface area contributed by atoms with Gasteiger partial charge in [-0.1, -0.05) is 146 Å². The lowest BCUT2D eigenvalue weighted by molar-refractivity contribution is 1.18. The maximum absolute atomic E-state index is 2.36. The smallest absolute Gasteiger partial charge is 0.0541 e. The summed E-state index contributed by atoms with van der Waals surface area (Å²) in [6, 6.07) is 70.0. The molecule has 0 aliphatic rings. The second-order valence-corrected chi connectivity index (χ2v) is 13.4. The van der Waals surface area contributed by atoms with E-state index < -0.39 is 0 Å². The fourth-order valence-electron chi connectivity index (χ4n) is 7.84. The molecule has 0 saturated carbocycles. The van der Waals surface area contributed by atoms with Crippen molar-refractivity contribution in [1.82, 2.24) is 9.13 Å². The van der Waals surface area contributed by atoms with E-state index in [9.17, 15) is 0 Å². The Balaban J connectivity index is 0.903. The SMILES string of the molecule is C(=C\c1cccc(-c2ccc(-n3c4ccccc4c4ccccc43)cc2)c1)/c1cccc(-c2ccc(-n3c4ccccc4c4ccccc43)cc2)c1. The number of aromatic nitrogens is 2.